The van der Waals surface area contributed by atoms with Crippen LogP contribution in [0.2, 0.25) is 5.02 Å². The van der Waals surface area contributed by atoms with Gasteiger partial charge in [0.25, 0.3) is 5.69 Å². The highest BCUT2D eigenvalue weighted by atomic mass is 35.5. The third-order valence-electron chi connectivity index (χ3n) is 3.25. The number of aryl methyl sites for hydroxylation is 1. The van der Waals surface area contributed by atoms with Crippen molar-refractivity contribution in [2.75, 3.05) is 5.75 Å². The maximum absolute atomic E-state index is 11.7. The number of nitrogens with zero attached hydrogens (tertiary/aromatic N) is 2. The molecule has 0 aliphatic rings. The highest BCUT2D eigenvalue weighted by Gasteiger charge is 2.10. The zero-order valence-electron chi connectivity index (χ0n) is 13.4. The van der Waals surface area contributed by atoms with Crippen molar-refractivity contribution in [3.63, 3.8) is 0 Å². The number of carbonyl (C=O) groups excluding carboxylic acids is 1. The Kier molecular flexibility index (Phi) is 6.97. The first kappa shape index (κ1) is 19.0. The van der Waals surface area contributed by atoms with E-state index >= 15 is 0 Å². The summed E-state index contributed by atoms with van der Waals surface area (Å²) in [7, 11) is 0. The van der Waals surface area contributed by atoms with Crippen molar-refractivity contribution in [1.82, 2.24) is 5.43 Å². The van der Waals surface area contributed by atoms with Crippen molar-refractivity contribution in [2.45, 2.75) is 12.7 Å². The molecule has 2 aromatic carbocycles. The minimum atomic E-state index is -0.446. The maximum Gasteiger partial charge on any atom is 0.272 e. The van der Waals surface area contributed by atoms with E-state index in [0.717, 1.165) is 5.56 Å². The Bertz CT molecular complexity index is 794. The van der Waals surface area contributed by atoms with Crippen LogP contribution in [0, 0.1) is 17.0 Å². The van der Waals surface area contributed by atoms with Crippen LogP contribution in [0.25, 0.3) is 0 Å². The van der Waals surface area contributed by atoms with Gasteiger partial charge in [0.15, 0.2) is 0 Å². The molecule has 1 amide bonds. The van der Waals surface area contributed by atoms with Gasteiger partial charge in [0.05, 0.1) is 16.9 Å². The van der Waals surface area contributed by atoms with Crippen molar-refractivity contribution < 1.29 is 9.72 Å². The molecular formula is C17H16ClN3O3S. The van der Waals surface area contributed by atoms with Gasteiger partial charge in [0, 0.05) is 28.0 Å². The molecular weight excluding hydrogens is 362 g/mol. The topological polar surface area (TPSA) is 84.6 Å². The number of benzene rings is 2. The van der Waals surface area contributed by atoms with Gasteiger partial charge < -0.3 is 0 Å². The van der Waals surface area contributed by atoms with Gasteiger partial charge in [-0.2, -0.15) is 5.10 Å². The third kappa shape index (κ3) is 6.21. The summed E-state index contributed by atoms with van der Waals surface area (Å²) < 4.78 is 0. The molecule has 0 aliphatic heterocycles. The summed E-state index contributed by atoms with van der Waals surface area (Å²) in [5.74, 6) is 0.712. The lowest BCUT2D eigenvalue weighted by Gasteiger charge is -2.02. The molecule has 1 N–H and O–H groups in total. The van der Waals surface area contributed by atoms with Crippen LogP contribution in [0.3, 0.4) is 0 Å². The van der Waals surface area contributed by atoms with E-state index in [1.165, 1.54) is 24.0 Å². The molecule has 0 aliphatic carbocycles. The lowest BCUT2D eigenvalue weighted by atomic mass is 10.1. The number of halogens is 1. The van der Waals surface area contributed by atoms with Crippen molar-refractivity contribution in [2.24, 2.45) is 5.10 Å². The van der Waals surface area contributed by atoms with E-state index in [-0.39, 0.29) is 17.3 Å². The molecule has 6 nitrogen and oxygen atoms in total. The van der Waals surface area contributed by atoms with E-state index in [4.69, 9.17) is 11.6 Å². The first-order chi connectivity index (χ1) is 12.0. The number of rotatable bonds is 7. The second-order valence-corrected chi connectivity index (χ2v) is 6.64. The van der Waals surface area contributed by atoms with Crippen LogP contribution in [0.15, 0.2) is 47.6 Å². The number of hydrazone groups is 1. The molecule has 130 valence electrons. The second-order valence-electron chi connectivity index (χ2n) is 5.22. The summed E-state index contributed by atoms with van der Waals surface area (Å²) in [6.07, 6.45) is 1.38. The third-order valence-corrected chi connectivity index (χ3v) is 4.50. The van der Waals surface area contributed by atoms with Gasteiger partial charge in [-0.3, -0.25) is 14.9 Å². The number of nitro groups is 1. The molecule has 0 bridgehead atoms. The second kappa shape index (κ2) is 9.19. The Morgan fingerprint density at radius 2 is 2.04 bits per heavy atom. The zero-order valence-corrected chi connectivity index (χ0v) is 15.0. The molecule has 8 heteroatoms. The highest BCUT2D eigenvalue weighted by Crippen LogP contribution is 2.18. The fourth-order valence-corrected chi connectivity index (χ4v) is 2.86. The molecule has 25 heavy (non-hydrogen) atoms. The van der Waals surface area contributed by atoms with Crippen LogP contribution in [0.1, 0.15) is 16.7 Å². The molecule has 0 aromatic heterocycles. The van der Waals surface area contributed by atoms with Crippen molar-refractivity contribution >= 4 is 41.2 Å². The lowest BCUT2D eigenvalue weighted by molar-refractivity contribution is -0.385. The smallest absolute Gasteiger partial charge is 0.272 e. The SMILES string of the molecule is Cc1ccc(/C=N\NC(=O)CSCc2ccc(Cl)cc2)cc1[N+](=O)[O-]. The van der Waals surface area contributed by atoms with Gasteiger partial charge in [-0.15, -0.1) is 11.8 Å². The number of hydrogen-bond acceptors (Lipinski definition) is 5. The molecule has 0 saturated carbocycles. The quantitative estimate of drug-likeness (QED) is 0.450. The van der Waals surface area contributed by atoms with Crippen LogP contribution < -0.4 is 5.43 Å². The molecule has 0 fully saturated rings. The Morgan fingerprint density at radius 3 is 2.72 bits per heavy atom. The Balaban J connectivity index is 1.79. The van der Waals surface area contributed by atoms with E-state index in [1.54, 1.807) is 19.1 Å². The standard InChI is InChI=1S/C17H16ClN3O3S/c1-12-2-3-14(8-16(12)21(23)24)9-19-20-17(22)11-25-10-13-4-6-15(18)7-5-13/h2-9H,10-11H2,1H3,(H,20,22)/b19-9-. The van der Waals surface area contributed by atoms with Crippen LogP contribution in [0.5, 0.6) is 0 Å². The molecule has 2 rings (SSSR count). The van der Waals surface area contributed by atoms with Gasteiger partial charge in [-0.25, -0.2) is 5.43 Å². The van der Waals surface area contributed by atoms with E-state index in [2.05, 4.69) is 10.5 Å². The molecule has 0 radical (unpaired) electrons. The van der Waals surface area contributed by atoms with Crippen LogP contribution in [-0.2, 0) is 10.5 Å². The zero-order chi connectivity index (χ0) is 18.2. The summed E-state index contributed by atoms with van der Waals surface area (Å²) in [5.41, 5.74) is 4.63. The molecule has 0 spiro atoms. The Hall–Kier alpha value is -2.38. The Labute approximate surface area is 154 Å². The van der Waals surface area contributed by atoms with Crippen LogP contribution in [0.4, 0.5) is 5.69 Å². The van der Waals surface area contributed by atoms with Crippen molar-refractivity contribution in [1.29, 1.82) is 0 Å². The van der Waals surface area contributed by atoms with Gasteiger partial charge in [-0.1, -0.05) is 35.9 Å². The number of nitro benzene ring substituents is 1. The van der Waals surface area contributed by atoms with E-state index in [9.17, 15) is 14.9 Å². The molecule has 2 aromatic rings. The van der Waals surface area contributed by atoms with E-state index < -0.39 is 4.92 Å². The molecule has 0 atom stereocenters. The first-order valence-corrected chi connectivity index (χ1v) is 8.88. The number of amides is 1. The maximum atomic E-state index is 11.7. The largest absolute Gasteiger partial charge is 0.272 e. The van der Waals surface area contributed by atoms with Gasteiger partial charge in [0.1, 0.15) is 0 Å². The summed E-state index contributed by atoms with van der Waals surface area (Å²) in [5, 5.41) is 15.4. The number of nitrogens with one attached hydrogen (secondary N) is 1. The first-order valence-electron chi connectivity index (χ1n) is 7.35. The average molecular weight is 378 g/mol. The predicted octanol–water partition coefficient (Wildman–Crippen LogP) is 3.94. The fraction of sp³-hybridized carbons (Fsp3) is 0.176. The number of hydrogen-bond donors (Lipinski definition) is 1. The number of carbonyl (C=O) groups is 1. The predicted molar refractivity (Wildman–Crippen MR) is 101 cm³/mol. The molecule has 0 heterocycles. The van der Waals surface area contributed by atoms with Gasteiger partial charge in [0.2, 0.25) is 5.91 Å². The van der Waals surface area contributed by atoms with Gasteiger partial charge >= 0.3 is 0 Å². The van der Waals surface area contributed by atoms with Gasteiger partial charge in [-0.05, 0) is 24.6 Å². The summed E-state index contributed by atoms with van der Waals surface area (Å²) in [6.45, 7) is 1.67. The van der Waals surface area contributed by atoms with Crippen molar-refractivity contribution in [3.8, 4) is 0 Å². The summed E-state index contributed by atoms with van der Waals surface area (Å²) >= 11 is 7.27. The van der Waals surface area contributed by atoms with E-state index in [0.29, 0.717) is 21.9 Å². The lowest BCUT2D eigenvalue weighted by Crippen LogP contribution is -2.19. The monoisotopic (exact) mass is 377 g/mol. The number of thioether (sulfide) groups is 1. The average Bonchev–Trinajstić information content (AvgIpc) is 2.58. The van der Waals surface area contributed by atoms with E-state index in [1.807, 2.05) is 24.3 Å². The highest BCUT2D eigenvalue weighted by molar-refractivity contribution is 7.99. The minimum absolute atomic E-state index is 0.0220. The Morgan fingerprint density at radius 1 is 1.32 bits per heavy atom. The van der Waals surface area contributed by atoms with Crippen LogP contribution >= 0.6 is 23.4 Å². The molecule has 0 unspecified atom stereocenters. The minimum Gasteiger partial charge on any atom is -0.272 e. The molecule has 0 saturated heterocycles. The fourth-order valence-electron chi connectivity index (χ4n) is 1.96. The normalized spacial score (nSPS) is 10.8. The van der Waals surface area contributed by atoms with Crippen molar-refractivity contribution in [3.05, 3.63) is 74.3 Å². The summed E-state index contributed by atoms with van der Waals surface area (Å²) in [6, 6.07) is 12.2. The van der Waals surface area contributed by atoms with Crippen LogP contribution in [-0.4, -0.2) is 22.8 Å². The summed E-state index contributed by atoms with van der Waals surface area (Å²) in [4.78, 5) is 22.2.